The molecule has 8 N–H and O–H groups in total. The molecule has 0 aliphatic rings. The minimum atomic E-state index is -1.49. The number of thioether (sulfide) groups is 1. The summed E-state index contributed by atoms with van der Waals surface area (Å²) in [6, 6.07) is -1.46. The van der Waals surface area contributed by atoms with E-state index in [2.05, 4.69) is 35.1 Å². The highest BCUT2D eigenvalue weighted by Crippen LogP contribution is 2.16. The highest BCUT2D eigenvalue weighted by Gasteiger charge is 2.22. The molecular formula is C49H89N5O12S. The number of hydrogen-bond acceptors (Lipinski definition) is 12. The first-order valence-electron chi connectivity index (χ1n) is 25.5. The monoisotopic (exact) mass is 972 g/mol. The molecule has 0 aromatic rings. The van der Waals surface area contributed by atoms with Crippen molar-refractivity contribution < 1.29 is 58.0 Å². The number of rotatable bonds is 47. The van der Waals surface area contributed by atoms with E-state index in [-0.39, 0.29) is 49.3 Å². The van der Waals surface area contributed by atoms with Crippen LogP contribution in [0.15, 0.2) is 0 Å². The topological polar surface area (TPSA) is 270 Å². The Bertz CT molecular complexity index is 1370. The van der Waals surface area contributed by atoms with Crippen LogP contribution in [0.2, 0.25) is 0 Å². The van der Waals surface area contributed by atoms with Crippen LogP contribution in [-0.4, -0.2) is 107 Å². The maximum Gasteiger partial charge on any atom is 0.326 e. The van der Waals surface area contributed by atoms with Crippen LogP contribution in [0.3, 0.4) is 0 Å². The van der Waals surface area contributed by atoms with E-state index in [1.54, 1.807) is 0 Å². The summed E-state index contributed by atoms with van der Waals surface area (Å²) in [7, 11) is 0. The number of nitrogens with one attached hydrogen (secondary N) is 4. The number of esters is 2. The maximum atomic E-state index is 12.8. The standard InChI is InChI=1S/C49H89N5O12S/c1-3-5-7-9-11-13-15-17-19-21-23-25-27-29-45(60)65-37-39(66-46(61)30-28-26-24-22-20-18-16-14-12-10-8-6-4-2)38-67-34-33-41(55)54-47(50)48(62)52-35-42(56)51-36-43(57)53-40(49(63)64)31-32-44(58)59/h39-40,47H,3-38,50H2,1-2H3,(H,51,56)(H,52,62)(H,53,57)(H,54,55)(H,58,59)(H,63,64)/t39-,40+,47+/m0/s1. The number of ether oxygens (including phenoxy) is 2. The molecule has 0 aliphatic carbocycles. The number of aliphatic carboxylic acids is 2. The minimum absolute atomic E-state index is 0.0382. The second-order valence-corrected chi connectivity index (χ2v) is 18.7. The molecule has 0 aliphatic heterocycles. The van der Waals surface area contributed by atoms with Gasteiger partial charge in [-0.05, 0) is 19.3 Å². The number of nitrogens with two attached hydrogens (primary N) is 1. The Hall–Kier alpha value is -3.93. The van der Waals surface area contributed by atoms with Crippen molar-refractivity contribution in [3.63, 3.8) is 0 Å². The Labute approximate surface area is 405 Å². The van der Waals surface area contributed by atoms with Gasteiger partial charge in [-0.25, -0.2) is 4.79 Å². The van der Waals surface area contributed by atoms with Crippen LogP contribution in [0.1, 0.15) is 213 Å². The van der Waals surface area contributed by atoms with E-state index in [1.807, 2.05) is 0 Å². The molecule has 67 heavy (non-hydrogen) atoms. The molecule has 0 rings (SSSR count). The van der Waals surface area contributed by atoms with Crippen LogP contribution < -0.4 is 27.0 Å². The normalized spacial score (nSPS) is 12.3. The van der Waals surface area contributed by atoms with Gasteiger partial charge in [0.1, 0.15) is 18.8 Å². The summed E-state index contributed by atoms with van der Waals surface area (Å²) in [6.45, 7) is 3.15. The van der Waals surface area contributed by atoms with Gasteiger partial charge in [0.05, 0.1) is 13.1 Å². The van der Waals surface area contributed by atoms with Crippen molar-refractivity contribution in [1.29, 1.82) is 0 Å². The first kappa shape index (κ1) is 63.1. The van der Waals surface area contributed by atoms with E-state index in [0.29, 0.717) is 6.42 Å². The van der Waals surface area contributed by atoms with E-state index in [4.69, 9.17) is 25.4 Å². The molecule has 0 radical (unpaired) electrons. The lowest BCUT2D eigenvalue weighted by atomic mass is 10.0. The SMILES string of the molecule is CCCCCCCCCCCCCCCC(=O)OC[C@@H](CSCCC(=O)N[C@@H](N)C(=O)NCC(=O)NCC(=O)N[C@H](CCC(=O)O)C(=O)O)OC(=O)CCCCCCCCCCCCCCC. The smallest absolute Gasteiger partial charge is 0.326 e. The molecule has 0 spiro atoms. The van der Waals surface area contributed by atoms with Crippen LogP contribution in [-0.2, 0) is 47.8 Å². The molecule has 0 fully saturated rings. The van der Waals surface area contributed by atoms with E-state index >= 15 is 0 Å². The van der Waals surface area contributed by atoms with Gasteiger partial charge in [-0.2, -0.15) is 11.8 Å². The molecule has 0 saturated heterocycles. The fourth-order valence-corrected chi connectivity index (χ4v) is 8.10. The number of hydrogen-bond donors (Lipinski definition) is 7. The van der Waals surface area contributed by atoms with Gasteiger partial charge in [0.15, 0.2) is 6.17 Å². The Morgan fingerprint density at radius 1 is 0.522 bits per heavy atom. The molecule has 0 saturated carbocycles. The van der Waals surface area contributed by atoms with Crippen LogP contribution in [0, 0.1) is 0 Å². The van der Waals surface area contributed by atoms with Crippen molar-refractivity contribution in [3.8, 4) is 0 Å². The third-order valence-corrected chi connectivity index (χ3v) is 12.3. The number of carboxylic acids is 2. The summed E-state index contributed by atoms with van der Waals surface area (Å²) >= 11 is 1.32. The number of amides is 4. The number of unbranched alkanes of at least 4 members (excludes halogenated alkanes) is 24. The molecule has 0 heterocycles. The number of carbonyl (C=O) groups is 8. The van der Waals surface area contributed by atoms with Crippen LogP contribution in [0.25, 0.3) is 0 Å². The molecule has 0 bridgehead atoms. The summed E-state index contributed by atoms with van der Waals surface area (Å²) in [6.07, 6.45) is 28.7. The van der Waals surface area contributed by atoms with Crippen molar-refractivity contribution in [2.75, 3.05) is 31.2 Å². The van der Waals surface area contributed by atoms with Gasteiger partial charge in [-0.15, -0.1) is 0 Å². The third kappa shape index (κ3) is 41.9. The summed E-state index contributed by atoms with van der Waals surface area (Å²) in [5.41, 5.74) is 5.79. The quantitative estimate of drug-likeness (QED) is 0.0176. The zero-order chi connectivity index (χ0) is 49.8. The summed E-state index contributed by atoms with van der Waals surface area (Å²) in [5, 5.41) is 26.8. The van der Waals surface area contributed by atoms with Crippen molar-refractivity contribution in [3.05, 3.63) is 0 Å². The summed E-state index contributed by atoms with van der Waals surface area (Å²) < 4.78 is 11.3. The van der Waals surface area contributed by atoms with Crippen molar-refractivity contribution in [2.45, 2.75) is 231 Å². The highest BCUT2D eigenvalue weighted by atomic mass is 32.2. The summed E-state index contributed by atoms with van der Waals surface area (Å²) in [4.78, 5) is 96.5. The van der Waals surface area contributed by atoms with Gasteiger partial charge >= 0.3 is 23.9 Å². The van der Waals surface area contributed by atoms with Gasteiger partial charge in [0.2, 0.25) is 17.7 Å². The third-order valence-electron chi connectivity index (χ3n) is 11.2. The lowest BCUT2D eigenvalue weighted by molar-refractivity contribution is -0.157. The molecule has 4 amide bonds. The largest absolute Gasteiger partial charge is 0.481 e. The molecular weight excluding hydrogens is 883 g/mol. The Morgan fingerprint density at radius 3 is 1.43 bits per heavy atom. The molecule has 17 nitrogen and oxygen atoms in total. The van der Waals surface area contributed by atoms with Gasteiger partial charge in [0.25, 0.3) is 5.91 Å². The zero-order valence-electron chi connectivity index (χ0n) is 41.2. The van der Waals surface area contributed by atoms with Gasteiger partial charge < -0.3 is 46.7 Å². The molecule has 0 aromatic heterocycles. The molecule has 3 atom stereocenters. The van der Waals surface area contributed by atoms with E-state index in [9.17, 15) is 38.4 Å². The van der Waals surface area contributed by atoms with E-state index in [0.717, 1.165) is 44.9 Å². The predicted molar refractivity (Wildman–Crippen MR) is 262 cm³/mol. The van der Waals surface area contributed by atoms with Crippen molar-refractivity contribution >= 4 is 59.3 Å². The van der Waals surface area contributed by atoms with Gasteiger partial charge in [-0.3, -0.25) is 33.6 Å². The summed E-state index contributed by atoms with van der Waals surface area (Å²) in [5.74, 6) is -5.91. The first-order valence-corrected chi connectivity index (χ1v) is 26.7. The van der Waals surface area contributed by atoms with Crippen molar-refractivity contribution in [1.82, 2.24) is 21.3 Å². The average Bonchev–Trinajstić information content (AvgIpc) is 3.29. The first-order chi connectivity index (χ1) is 32.3. The minimum Gasteiger partial charge on any atom is -0.481 e. The van der Waals surface area contributed by atoms with Crippen LogP contribution in [0.5, 0.6) is 0 Å². The van der Waals surface area contributed by atoms with E-state index < -0.39 is 73.4 Å². The molecule has 18 heteroatoms. The maximum absolute atomic E-state index is 12.8. The zero-order valence-corrected chi connectivity index (χ0v) is 42.0. The predicted octanol–water partition coefficient (Wildman–Crippen LogP) is 7.59. The second kappa shape index (κ2) is 44.6. The molecule has 0 aromatic carbocycles. The highest BCUT2D eigenvalue weighted by molar-refractivity contribution is 7.99. The number of carboxylic acid groups (broad SMARTS) is 2. The Balaban J connectivity index is 4.68. The number of carbonyl (C=O) groups excluding carboxylic acids is 6. The Kier molecular flexibility index (Phi) is 42.0. The average molecular weight is 972 g/mol. The van der Waals surface area contributed by atoms with Crippen LogP contribution >= 0.6 is 11.8 Å². The molecule has 0 unspecified atom stereocenters. The lowest BCUT2D eigenvalue weighted by Crippen LogP contribution is -2.54. The van der Waals surface area contributed by atoms with Crippen molar-refractivity contribution in [2.24, 2.45) is 5.73 Å². The van der Waals surface area contributed by atoms with Gasteiger partial charge in [-0.1, -0.05) is 168 Å². The van der Waals surface area contributed by atoms with E-state index in [1.165, 1.54) is 134 Å². The second-order valence-electron chi connectivity index (χ2n) is 17.5. The van der Waals surface area contributed by atoms with Crippen LogP contribution in [0.4, 0.5) is 0 Å². The molecule has 388 valence electrons. The fraction of sp³-hybridized carbons (Fsp3) is 0.837. The van der Waals surface area contributed by atoms with Gasteiger partial charge in [0, 0.05) is 37.2 Å². The lowest BCUT2D eigenvalue weighted by Gasteiger charge is -2.18. The fourth-order valence-electron chi connectivity index (χ4n) is 7.17. The Morgan fingerprint density at radius 2 is 0.970 bits per heavy atom.